The number of hydrogen-bond acceptors (Lipinski definition) is 0. The van der Waals surface area contributed by atoms with Crippen LogP contribution in [0.25, 0.3) is 88.0 Å². The normalized spacial score (nSPS) is 11.3. The molecule has 0 aliphatic rings. The van der Waals surface area contributed by atoms with Crippen LogP contribution in [0.4, 0.5) is 0 Å². The molecule has 0 saturated carbocycles. The molecule has 0 unspecified atom stereocenters. The Bertz CT molecular complexity index is 2450. The SMILES string of the molecule is c1ccc2cc(-c3ccc(-c4cc(-c5ccc(-c6ccc7ccccc7c6)cc5)cc(-c5ccc6ccccc6c5)c4)cc3)ccc2c1. The van der Waals surface area contributed by atoms with Gasteiger partial charge >= 0.3 is 0 Å². The molecule has 0 N–H and O–H groups in total. The van der Waals surface area contributed by atoms with E-state index in [1.54, 1.807) is 0 Å². The number of fused-ring (bicyclic) bond motifs is 3. The number of hydrogen-bond donors (Lipinski definition) is 0. The topological polar surface area (TPSA) is 0 Å². The molecular formula is C48H32. The second-order valence-corrected chi connectivity index (χ2v) is 12.6. The smallest absolute Gasteiger partial charge is 0.0171 e. The summed E-state index contributed by atoms with van der Waals surface area (Å²) in [6, 6.07) is 70.9. The zero-order valence-electron chi connectivity index (χ0n) is 26.5. The summed E-state index contributed by atoms with van der Waals surface area (Å²) in [5.41, 5.74) is 12.2. The van der Waals surface area contributed by atoms with Crippen molar-refractivity contribution in [3.8, 4) is 55.6 Å². The quantitative estimate of drug-likeness (QED) is 0.182. The molecule has 0 atom stereocenters. The van der Waals surface area contributed by atoms with Gasteiger partial charge in [-0.3, -0.25) is 0 Å². The monoisotopic (exact) mass is 608 g/mol. The lowest BCUT2D eigenvalue weighted by Crippen LogP contribution is -1.88. The molecule has 9 rings (SSSR count). The van der Waals surface area contributed by atoms with Crippen molar-refractivity contribution in [1.82, 2.24) is 0 Å². The lowest BCUT2D eigenvalue weighted by Gasteiger charge is -2.13. The second-order valence-electron chi connectivity index (χ2n) is 12.6. The molecule has 0 aliphatic heterocycles. The van der Waals surface area contributed by atoms with E-state index < -0.39 is 0 Å². The van der Waals surface area contributed by atoms with E-state index in [0.717, 1.165) is 0 Å². The van der Waals surface area contributed by atoms with Gasteiger partial charge in [-0.2, -0.15) is 0 Å². The van der Waals surface area contributed by atoms with Crippen molar-refractivity contribution in [3.05, 3.63) is 194 Å². The molecule has 0 aromatic heterocycles. The summed E-state index contributed by atoms with van der Waals surface area (Å²) in [6.45, 7) is 0. The Morgan fingerprint density at radius 1 is 0.146 bits per heavy atom. The molecule has 9 aromatic carbocycles. The van der Waals surface area contributed by atoms with Crippen LogP contribution in [0.5, 0.6) is 0 Å². The molecular weight excluding hydrogens is 577 g/mol. The van der Waals surface area contributed by atoms with Gasteiger partial charge < -0.3 is 0 Å². The molecule has 0 nitrogen and oxygen atoms in total. The molecule has 0 amide bonds. The summed E-state index contributed by atoms with van der Waals surface area (Å²) in [7, 11) is 0. The highest BCUT2D eigenvalue weighted by molar-refractivity contribution is 5.91. The molecule has 0 heteroatoms. The Morgan fingerprint density at radius 2 is 0.375 bits per heavy atom. The molecule has 0 fully saturated rings. The molecule has 9 aromatic rings. The Hall–Kier alpha value is -6.24. The maximum Gasteiger partial charge on any atom is -0.0171 e. The van der Waals surface area contributed by atoms with Crippen LogP contribution in [0.1, 0.15) is 0 Å². The third-order valence-electron chi connectivity index (χ3n) is 9.62. The van der Waals surface area contributed by atoms with Gasteiger partial charge in [-0.25, -0.2) is 0 Å². The van der Waals surface area contributed by atoms with Crippen molar-refractivity contribution in [1.29, 1.82) is 0 Å². The minimum atomic E-state index is 1.20. The fourth-order valence-electron chi connectivity index (χ4n) is 6.94. The van der Waals surface area contributed by atoms with Crippen LogP contribution in [-0.4, -0.2) is 0 Å². The summed E-state index contributed by atoms with van der Waals surface area (Å²) < 4.78 is 0. The molecule has 0 bridgehead atoms. The van der Waals surface area contributed by atoms with Crippen LogP contribution >= 0.6 is 0 Å². The van der Waals surface area contributed by atoms with E-state index in [0.29, 0.717) is 0 Å². The number of rotatable bonds is 5. The fourth-order valence-corrected chi connectivity index (χ4v) is 6.94. The number of benzene rings is 9. The van der Waals surface area contributed by atoms with Crippen molar-refractivity contribution < 1.29 is 0 Å². The Morgan fingerprint density at radius 3 is 0.708 bits per heavy atom. The van der Waals surface area contributed by atoms with Crippen LogP contribution in [-0.2, 0) is 0 Å². The van der Waals surface area contributed by atoms with Gasteiger partial charge in [-0.15, -0.1) is 0 Å². The predicted molar refractivity (Wildman–Crippen MR) is 206 cm³/mol. The van der Waals surface area contributed by atoms with Gasteiger partial charge in [0.05, 0.1) is 0 Å². The largest absolute Gasteiger partial charge is 0.0616 e. The molecule has 0 spiro atoms. The first kappa shape index (κ1) is 28.0. The summed E-state index contributed by atoms with van der Waals surface area (Å²) in [4.78, 5) is 0. The van der Waals surface area contributed by atoms with Crippen molar-refractivity contribution >= 4 is 32.3 Å². The van der Waals surface area contributed by atoms with E-state index in [2.05, 4.69) is 194 Å². The predicted octanol–water partition coefficient (Wildman–Crippen LogP) is 13.5. The van der Waals surface area contributed by atoms with E-state index in [1.165, 1.54) is 88.0 Å². The molecule has 224 valence electrons. The summed E-state index contributed by atoms with van der Waals surface area (Å²) >= 11 is 0. The summed E-state index contributed by atoms with van der Waals surface area (Å²) in [6.07, 6.45) is 0. The molecule has 0 aliphatic carbocycles. The Labute approximate surface area is 281 Å². The van der Waals surface area contributed by atoms with Crippen LogP contribution in [0.15, 0.2) is 194 Å². The van der Waals surface area contributed by atoms with Gasteiger partial charge in [0, 0.05) is 0 Å². The van der Waals surface area contributed by atoms with E-state index in [1.807, 2.05) is 0 Å². The highest BCUT2D eigenvalue weighted by Gasteiger charge is 2.10. The lowest BCUT2D eigenvalue weighted by atomic mass is 9.91. The third-order valence-corrected chi connectivity index (χ3v) is 9.62. The fraction of sp³-hybridized carbons (Fsp3) is 0. The third kappa shape index (κ3) is 5.34. The maximum atomic E-state index is 2.34. The van der Waals surface area contributed by atoms with Gasteiger partial charge in [0.15, 0.2) is 0 Å². The maximum absolute atomic E-state index is 2.34. The van der Waals surface area contributed by atoms with Gasteiger partial charge in [-0.05, 0) is 124 Å². The van der Waals surface area contributed by atoms with Crippen molar-refractivity contribution in [2.24, 2.45) is 0 Å². The zero-order valence-corrected chi connectivity index (χ0v) is 26.5. The first-order valence-electron chi connectivity index (χ1n) is 16.6. The Kier molecular flexibility index (Phi) is 6.91. The lowest BCUT2D eigenvalue weighted by molar-refractivity contribution is 1.56. The minimum Gasteiger partial charge on any atom is -0.0616 e. The molecule has 0 saturated heterocycles. The highest BCUT2D eigenvalue weighted by Crippen LogP contribution is 2.36. The minimum absolute atomic E-state index is 1.20. The van der Waals surface area contributed by atoms with Gasteiger partial charge in [0.1, 0.15) is 0 Å². The Balaban J connectivity index is 1.11. The van der Waals surface area contributed by atoms with Crippen LogP contribution in [0.3, 0.4) is 0 Å². The van der Waals surface area contributed by atoms with Gasteiger partial charge in [0.25, 0.3) is 0 Å². The standard InChI is InChI=1S/C48H32/c1-4-10-40-27-43(24-21-33(40)7-1)36-13-17-38(18-14-36)46-30-47(32-48(31-46)45-26-23-35-9-3-6-12-42(35)29-45)39-19-15-37(16-20-39)44-25-22-34-8-2-5-11-41(34)28-44/h1-32H. The molecule has 0 heterocycles. The van der Waals surface area contributed by atoms with E-state index in [9.17, 15) is 0 Å². The van der Waals surface area contributed by atoms with Crippen LogP contribution in [0, 0.1) is 0 Å². The first-order chi connectivity index (χ1) is 23.7. The van der Waals surface area contributed by atoms with Gasteiger partial charge in [0.2, 0.25) is 0 Å². The van der Waals surface area contributed by atoms with E-state index in [-0.39, 0.29) is 0 Å². The van der Waals surface area contributed by atoms with Crippen molar-refractivity contribution in [3.63, 3.8) is 0 Å². The van der Waals surface area contributed by atoms with E-state index in [4.69, 9.17) is 0 Å². The average molecular weight is 609 g/mol. The van der Waals surface area contributed by atoms with E-state index >= 15 is 0 Å². The zero-order chi connectivity index (χ0) is 31.9. The van der Waals surface area contributed by atoms with Crippen LogP contribution in [0.2, 0.25) is 0 Å². The summed E-state index contributed by atoms with van der Waals surface area (Å²) in [5.74, 6) is 0. The van der Waals surface area contributed by atoms with Crippen molar-refractivity contribution in [2.45, 2.75) is 0 Å². The highest BCUT2D eigenvalue weighted by atomic mass is 14.1. The molecule has 0 radical (unpaired) electrons. The summed E-state index contributed by atoms with van der Waals surface area (Å²) in [5, 5.41) is 7.56. The van der Waals surface area contributed by atoms with Crippen molar-refractivity contribution in [2.75, 3.05) is 0 Å². The van der Waals surface area contributed by atoms with Gasteiger partial charge in [-0.1, -0.05) is 158 Å². The molecule has 48 heavy (non-hydrogen) atoms. The van der Waals surface area contributed by atoms with Crippen LogP contribution < -0.4 is 0 Å². The average Bonchev–Trinajstić information content (AvgIpc) is 3.17. The second kappa shape index (κ2) is 11.8. The first-order valence-corrected chi connectivity index (χ1v) is 16.6.